The number of rotatable bonds is 10. The van der Waals surface area contributed by atoms with E-state index in [2.05, 4.69) is 15.2 Å². The molecule has 4 aliphatic heterocycles. The average molecular weight is 830 g/mol. The average Bonchev–Trinajstić information content (AvgIpc) is 3.89. The normalized spacial score (nSPS) is 21.0. The van der Waals surface area contributed by atoms with Crippen molar-refractivity contribution in [2.45, 2.75) is 18.1 Å². The minimum absolute atomic E-state index is 0.0583. The fourth-order valence-electron chi connectivity index (χ4n) is 7.54. The molecule has 0 spiro atoms. The number of nitrogens with one attached hydrogen (secondary N) is 1. The Kier molecular flexibility index (Phi) is 11.1. The van der Waals surface area contributed by atoms with Crippen LogP contribution in [0.3, 0.4) is 0 Å². The van der Waals surface area contributed by atoms with Crippen LogP contribution in [0.5, 0.6) is 11.5 Å². The van der Waals surface area contributed by atoms with Crippen molar-refractivity contribution in [3.63, 3.8) is 0 Å². The van der Waals surface area contributed by atoms with E-state index in [0.29, 0.717) is 77.6 Å². The summed E-state index contributed by atoms with van der Waals surface area (Å²) in [6.07, 6.45) is 1.66. The third-order valence-electron chi connectivity index (χ3n) is 10.4. The van der Waals surface area contributed by atoms with E-state index >= 15 is 0 Å². The highest BCUT2D eigenvalue weighted by Gasteiger charge is 2.42. The van der Waals surface area contributed by atoms with Gasteiger partial charge in [-0.15, -0.1) is 11.3 Å². The van der Waals surface area contributed by atoms with Crippen molar-refractivity contribution in [2.24, 2.45) is 4.99 Å². The molecule has 3 aromatic carbocycles. The predicted octanol–water partition coefficient (Wildman–Crippen LogP) is 4.80. The molecule has 0 saturated carbocycles. The monoisotopic (exact) mass is 829 g/mol. The molecule has 58 heavy (non-hydrogen) atoms. The molecule has 3 atom stereocenters. The number of amides is 3. The molecule has 1 aromatic heterocycles. The van der Waals surface area contributed by atoms with E-state index in [1.807, 2.05) is 22.4 Å². The molecule has 3 fully saturated rings. The molecule has 8 rings (SSSR count). The summed E-state index contributed by atoms with van der Waals surface area (Å²) in [5, 5.41) is 15.4. The van der Waals surface area contributed by atoms with Gasteiger partial charge < -0.3 is 34.4 Å². The summed E-state index contributed by atoms with van der Waals surface area (Å²) >= 11 is 7.89. The highest BCUT2D eigenvalue weighted by atomic mass is 35.5. The van der Waals surface area contributed by atoms with Crippen molar-refractivity contribution >= 4 is 58.3 Å². The zero-order valence-corrected chi connectivity index (χ0v) is 32.6. The van der Waals surface area contributed by atoms with Gasteiger partial charge in [0.25, 0.3) is 5.91 Å². The molecule has 4 aromatic rings. The number of carbonyl (C=O) groups excluding carboxylic acids is 3. The lowest BCUT2D eigenvalue weighted by Crippen LogP contribution is -2.53. The Balaban J connectivity index is 0.940. The molecule has 0 radical (unpaired) electrons. The van der Waals surface area contributed by atoms with E-state index in [1.54, 1.807) is 47.5 Å². The number of aliphatic imine (C=N–C) groups is 1. The highest BCUT2D eigenvalue weighted by Crippen LogP contribution is 2.37. The van der Waals surface area contributed by atoms with Crippen molar-refractivity contribution in [3.8, 4) is 11.5 Å². The Morgan fingerprint density at radius 3 is 2.48 bits per heavy atom. The number of carboxylic acid groups (broad SMARTS) is 1. The number of aliphatic carboxylic acids is 1. The Morgan fingerprint density at radius 2 is 1.79 bits per heavy atom. The zero-order valence-electron chi connectivity index (χ0n) is 31.0. The molecule has 3 amide bonds. The van der Waals surface area contributed by atoms with Crippen LogP contribution in [0.15, 0.2) is 94.6 Å². The number of halogens is 2. The number of hydrogen-bond acceptors (Lipinski definition) is 12. The number of piperazine rings is 1. The first-order chi connectivity index (χ1) is 28.1. The minimum Gasteiger partial charge on any atom is -0.480 e. The number of fused-ring (bicyclic) bond motifs is 1. The number of esters is 1. The summed E-state index contributed by atoms with van der Waals surface area (Å²) in [4.78, 5) is 68.0. The molecule has 4 aliphatic rings. The number of amidine groups is 1. The van der Waals surface area contributed by atoms with Crippen molar-refractivity contribution in [1.29, 1.82) is 0 Å². The molecule has 0 unspecified atom stereocenters. The SMILES string of the molecule is COC(=O)C1=C(CN2CCN3C(=O)N(c4ccc(Oc5ccc(C(=O)N6CCOC[C@H]6C(=O)O)cc5)cc4)C[C@@H]3C2)NC(c2nccs2)=N[C@H]1c1ccc(F)cc1Cl. The number of morpholine rings is 1. The standard InChI is InChI=1S/C40H37ClFN7O8S/c1-55-39(53)33-31(44-35(36-43-12-17-58-36)45-34(33)29-11-4-24(42)18-30(29)41)21-46-13-14-47-26(19-46)20-49(40(47)54)25-5-9-28(10-6-25)57-27-7-2-23(3-8-27)37(50)48-15-16-56-22-32(48)38(51)52/h2-12,17-18,26,32,34H,13-16,19-22H2,1H3,(H,44,45)(H,51,52)/t26-,32-,34-/m0/s1. The van der Waals surface area contributed by atoms with Gasteiger partial charge in [0.15, 0.2) is 16.9 Å². The summed E-state index contributed by atoms with van der Waals surface area (Å²) in [6, 6.07) is 15.4. The molecule has 5 heterocycles. The molecule has 0 bridgehead atoms. The van der Waals surface area contributed by atoms with Crippen LogP contribution in [-0.4, -0.2) is 126 Å². The number of methoxy groups -OCH3 is 1. The maximum absolute atomic E-state index is 14.1. The lowest BCUT2D eigenvalue weighted by Gasteiger charge is -2.38. The number of hydrogen-bond donors (Lipinski definition) is 2. The molecular weight excluding hydrogens is 793 g/mol. The predicted molar refractivity (Wildman–Crippen MR) is 211 cm³/mol. The number of benzene rings is 3. The Morgan fingerprint density at radius 1 is 1.03 bits per heavy atom. The summed E-state index contributed by atoms with van der Waals surface area (Å²) in [5.74, 6) is -1.19. The topological polar surface area (TPSA) is 166 Å². The van der Waals surface area contributed by atoms with Gasteiger partial charge in [-0.3, -0.25) is 19.6 Å². The second-order valence-electron chi connectivity index (χ2n) is 13.9. The number of urea groups is 1. The fraction of sp³-hybridized carbons (Fsp3) is 0.300. The van der Waals surface area contributed by atoms with Crippen molar-refractivity contribution in [2.75, 3.05) is 64.5 Å². The van der Waals surface area contributed by atoms with Gasteiger partial charge >= 0.3 is 18.0 Å². The quantitative estimate of drug-likeness (QED) is 0.211. The third-order valence-corrected chi connectivity index (χ3v) is 11.5. The van der Waals surface area contributed by atoms with E-state index in [9.17, 15) is 28.7 Å². The lowest BCUT2D eigenvalue weighted by molar-refractivity contribution is -0.147. The van der Waals surface area contributed by atoms with Crippen LogP contribution in [0.4, 0.5) is 14.9 Å². The summed E-state index contributed by atoms with van der Waals surface area (Å²) in [5.41, 5.74) is 2.28. The van der Waals surface area contributed by atoms with E-state index in [1.165, 1.54) is 41.5 Å². The van der Waals surface area contributed by atoms with E-state index in [-0.39, 0.29) is 42.4 Å². The van der Waals surface area contributed by atoms with Gasteiger partial charge in [0.1, 0.15) is 23.4 Å². The van der Waals surface area contributed by atoms with Crippen LogP contribution >= 0.6 is 22.9 Å². The molecule has 18 heteroatoms. The van der Waals surface area contributed by atoms with Crippen molar-refractivity contribution in [3.05, 3.63) is 117 Å². The number of carboxylic acids is 1. The first kappa shape index (κ1) is 39.0. The number of thiazole rings is 1. The third kappa shape index (κ3) is 7.85. The largest absolute Gasteiger partial charge is 0.480 e. The van der Waals surface area contributed by atoms with Gasteiger partial charge in [-0.25, -0.2) is 23.8 Å². The maximum atomic E-state index is 14.1. The Labute approximate surface area is 340 Å². The van der Waals surface area contributed by atoms with Gasteiger partial charge in [0.2, 0.25) is 0 Å². The maximum Gasteiger partial charge on any atom is 0.338 e. The van der Waals surface area contributed by atoms with Crippen molar-refractivity contribution in [1.82, 2.24) is 25.0 Å². The van der Waals surface area contributed by atoms with Gasteiger partial charge in [-0.1, -0.05) is 17.7 Å². The zero-order chi connectivity index (χ0) is 40.5. The van der Waals surface area contributed by atoms with Gasteiger partial charge in [0, 0.05) is 78.4 Å². The summed E-state index contributed by atoms with van der Waals surface area (Å²) in [6.45, 7) is 2.66. The van der Waals surface area contributed by atoms with Gasteiger partial charge in [0.05, 0.1) is 31.9 Å². The number of aromatic nitrogens is 1. The fourth-order valence-corrected chi connectivity index (χ4v) is 8.39. The van der Waals surface area contributed by atoms with Gasteiger partial charge in [-0.05, 0) is 60.7 Å². The highest BCUT2D eigenvalue weighted by molar-refractivity contribution is 7.11. The van der Waals surface area contributed by atoms with Crippen LogP contribution in [0.1, 0.15) is 27.0 Å². The molecule has 3 saturated heterocycles. The van der Waals surface area contributed by atoms with Crippen LogP contribution in [0, 0.1) is 5.82 Å². The Bertz CT molecular complexity index is 2290. The molecule has 15 nitrogen and oxygen atoms in total. The summed E-state index contributed by atoms with van der Waals surface area (Å²) in [7, 11) is 1.29. The minimum atomic E-state index is -1.12. The van der Waals surface area contributed by atoms with E-state index < -0.39 is 35.7 Å². The number of ether oxygens (including phenoxy) is 3. The second kappa shape index (κ2) is 16.5. The number of carbonyl (C=O) groups is 4. The summed E-state index contributed by atoms with van der Waals surface area (Å²) < 4.78 is 30.6. The Hall–Kier alpha value is -5.88. The van der Waals surface area contributed by atoms with Crippen molar-refractivity contribution < 1.29 is 42.9 Å². The number of anilines is 1. The van der Waals surface area contributed by atoms with Gasteiger partial charge in [-0.2, -0.15) is 0 Å². The van der Waals surface area contributed by atoms with Crippen LogP contribution < -0.4 is 15.0 Å². The lowest BCUT2D eigenvalue weighted by atomic mass is 9.95. The first-order valence-electron chi connectivity index (χ1n) is 18.4. The molecule has 2 N–H and O–H groups in total. The first-order valence-corrected chi connectivity index (χ1v) is 19.6. The molecule has 0 aliphatic carbocycles. The van der Waals surface area contributed by atoms with E-state index in [4.69, 9.17) is 30.8 Å². The van der Waals surface area contributed by atoms with Crippen LogP contribution in [-0.2, 0) is 19.1 Å². The van der Waals surface area contributed by atoms with Crippen LogP contribution in [0.25, 0.3) is 0 Å². The van der Waals surface area contributed by atoms with Crippen LogP contribution in [0.2, 0.25) is 5.02 Å². The second-order valence-corrected chi connectivity index (χ2v) is 15.2. The van der Waals surface area contributed by atoms with E-state index in [0.717, 1.165) is 0 Å². The smallest absolute Gasteiger partial charge is 0.338 e. The molecule has 300 valence electrons. The molecular formula is C40H37ClFN7O8S. The number of nitrogens with zero attached hydrogens (tertiary/aromatic N) is 6.